The van der Waals surface area contributed by atoms with E-state index in [0.29, 0.717) is 12.1 Å². The van der Waals surface area contributed by atoms with Crippen molar-refractivity contribution >= 4 is 11.4 Å². The van der Waals surface area contributed by atoms with Gasteiger partial charge >= 0.3 is 0 Å². The summed E-state index contributed by atoms with van der Waals surface area (Å²) in [5.74, 6) is 0. The Balaban J connectivity index is 0.000000200. The van der Waals surface area contributed by atoms with Crippen LogP contribution in [0.4, 0.5) is 11.4 Å². The molecule has 0 amide bonds. The monoisotopic (exact) mass is 272 g/mol. The van der Waals surface area contributed by atoms with Gasteiger partial charge in [0.15, 0.2) is 0 Å². The minimum absolute atomic E-state index is 0.476. The highest BCUT2D eigenvalue weighted by Crippen LogP contribution is 2.04. The van der Waals surface area contributed by atoms with Crippen molar-refractivity contribution in [1.82, 2.24) is 9.97 Å². The van der Waals surface area contributed by atoms with Crippen molar-refractivity contribution in [3.63, 3.8) is 0 Å². The summed E-state index contributed by atoms with van der Waals surface area (Å²) in [4.78, 5) is 7.89. The van der Waals surface area contributed by atoms with E-state index in [4.69, 9.17) is 0 Å². The van der Waals surface area contributed by atoms with E-state index in [0.717, 1.165) is 11.4 Å². The first-order chi connectivity index (χ1) is 9.58. The predicted octanol–water partition coefficient (Wildman–Crippen LogP) is 3.80. The molecule has 0 fully saturated rings. The normalized spacial score (nSPS) is 9.90. The lowest BCUT2D eigenvalue weighted by Gasteiger charge is -2.07. The minimum atomic E-state index is 0.476. The molecule has 0 aliphatic rings. The first-order valence-electron chi connectivity index (χ1n) is 6.91. The number of aromatic nitrogens is 2. The van der Waals surface area contributed by atoms with E-state index in [2.05, 4.69) is 48.3 Å². The van der Waals surface area contributed by atoms with Gasteiger partial charge in [0.05, 0.1) is 5.69 Å². The molecule has 2 aromatic heterocycles. The molecule has 20 heavy (non-hydrogen) atoms. The van der Waals surface area contributed by atoms with E-state index in [1.165, 1.54) is 0 Å². The highest BCUT2D eigenvalue weighted by Gasteiger charge is 1.92. The van der Waals surface area contributed by atoms with Gasteiger partial charge in [-0.05, 0) is 52.0 Å². The van der Waals surface area contributed by atoms with Crippen LogP contribution in [0.1, 0.15) is 27.7 Å². The molecule has 0 aromatic carbocycles. The van der Waals surface area contributed by atoms with Crippen LogP contribution in [-0.2, 0) is 0 Å². The predicted molar refractivity (Wildman–Crippen MR) is 86.0 cm³/mol. The van der Waals surface area contributed by atoms with E-state index in [1.807, 2.05) is 30.5 Å². The fourth-order valence-electron chi connectivity index (χ4n) is 1.56. The summed E-state index contributed by atoms with van der Waals surface area (Å²) < 4.78 is 0. The molecule has 2 heterocycles. The van der Waals surface area contributed by atoms with Crippen molar-refractivity contribution in [1.29, 1.82) is 0 Å². The lowest BCUT2D eigenvalue weighted by Crippen LogP contribution is -2.09. The summed E-state index contributed by atoms with van der Waals surface area (Å²) in [6.45, 7) is 8.43. The fourth-order valence-corrected chi connectivity index (χ4v) is 1.56. The Bertz CT molecular complexity index is 409. The molecule has 4 nitrogen and oxygen atoms in total. The van der Waals surface area contributed by atoms with Crippen LogP contribution in [0.5, 0.6) is 0 Å². The van der Waals surface area contributed by atoms with Gasteiger partial charge in [-0.25, -0.2) is 0 Å². The molecular formula is C16H24N4. The van der Waals surface area contributed by atoms with Crippen LogP contribution >= 0.6 is 0 Å². The molecule has 0 aliphatic carbocycles. The van der Waals surface area contributed by atoms with Gasteiger partial charge < -0.3 is 10.6 Å². The van der Waals surface area contributed by atoms with Gasteiger partial charge in [0, 0.05) is 42.6 Å². The quantitative estimate of drug-likeness (QED) is 0.888. The third-order valence-corrected chi connectivity index (χ3v) is 2.25. The lowest BCUT2D eigenvalue weighted by molar-refractivity contribution is 0.898. The van der Waals surface area contributed by atoms with Gasteiger partial charge in [-0.3, -0.25) is 9.97 Å². The maximum absolute atomic E-state index is 3.98. The SMILES string of the molecule is CC(C)Nc1cccnc1.CC(C)Nc1ccncc1. The number of nitrogens with zero attached hydrogens (tertiary/aromatic N) is 2. The van der Waals surface area contributed by atoms with Gasteiger partial charge in [-0.1, -0.05) is 0 Å². The molecule has 0 atom stereocenters. The smallest absolute Gasteiger partial charge is 0.0528 e. The Hall–Kier alpha value is -2.10. The molecule has 0 aliphatic heterocycles. The molecule has 0 bridgehead atoms. The van der Waals surface area contributed by atoms with E-state index in [1.54, 1.807) is 18.6 Å². The number of anilines is 2. The minimum Gasteiger partial charge on any atom is -0.383 e. The van der Waals surface area contributed by atoms with E-state index in [-0.39, 0.29) is 0 Å². The number of rotatable bonds is 4. The van der Waals surface area contributed by atoms with Crippen LogP contribution in [0.15, 0.2) is 49.1 Å². The fraction of sp³-hybridized carbons (Fsp3) is 0.375. The average molecular weight is 272 g/mol. The lowest BCUT2D eigenvalue weighted by atomic mass is 10.3. The van der Waals surface area contributed by atoms with Gasteiger partial charge in [0.1, 0.15) is 0 Å². The molecule has 0 saturated heterocycles. The number of pyridine rings is 2. The second-order valence-electron chi connectivity index (χ2n) is 5.08. The topological polar surface area (TPSA) is 49.8 Å². The number of hydrogen-bond donors (Lipinski definition) is 2. The molecule has 2 N–H and O–H groups in total. The molecular weight excluding hydrogens is 248 g/mol. The maximum Gasteiger partial charge on any atom is 0.0528 e. The highest BCUT2D eigenvalue weighted by molar-refractivity contribution is 5.41. The van der Waals surface area contributed by atoms with Crippen molar-refractivity contribution in [3.05, 3.63) is 49.1 Å². The standard InChI is InChI=1S/2C8H12N2/c1-7(2)10-8-3-5-9-6-4-8;1-7(2)10-8-4-3-5-9-6-8/h3-7H,1-2H3,(H,9,10);3-7,10H,1-2H3. The molecule has 2 aromatic rings. The molecule has 0 spiro atoms. The number of hydrogen-bond acceptors (Lipinski definition) is 4. The van der Waals surface area contributed by atoms with Crippen molar-refractivity contribution in [2.45, 2.75) is 39.8 Å². The molecule has 4 heteroatoms. The Morgan fingerprint density at radius 3 is 1.85 bits per heavy atom. The zero-order chi connectivity index (χ0) is 14.8. The average Bonchev–Trinajstić information content (AvgIpc) is 2.40. The summed E-state index contributed by atoms with van der Waals surface area (Å²) in [5, 5.41) is 6.51. The molecule has 0 unspecified atom stereocenters. The van der Waals surface area contributed by atoms with E-state index < -0.39 is 0 Å². The van der Waals surface area contributed by atoms with Crippen LogP contribution in [0.2, 0.25) is 0 Å². The highest BCUT2D eigenvalue weighted by atomic mass is 14.9. The summed E-state index contributed by atoms with van der Waals surface area (Å²) in [6, 6.07) is 8.81. The zero-order valence-corrected chi connectivity index (χ0v) is 12.7. The second kappa shape index (κ2) is 8.91. The van der Waals surface area contributed by atoms with Crippen LogP contribution in [-0.4, -0.2) is 22.1 Å². The van der Waals surface area contributed by atoms with Crippen LogP contribution < -0.4 is 10.6 Å². The maximum atomic E-state index is 3.98. The third-order valence-electron chi connectivity index (χ3n) is 2.25. The third kappa shape index (κ3) is 7.36. The van der Waals surface area contributed by atoms with E-state index >= 15 is 0 Å². The van der Waals surface area contributed by atoms with Gasteiger partial charge in [-0.15, -0.1) is 0 Å². The summed E-state index contributed by atoms with van der Waals surface area (Å²) in [6.07, 6.45) is 7.15. The zero-order valence-electron chi connectivity index (χ0n) is 12.7. The number of nitrogens with one attached hydrogen (secondary N) is 2. The summed E-state index contributed by atoms with van der Waals surface area (Å²) >= 11 is 0. The van der Waals surface area contributed by atoms with Crippen molar-refractivity contribution in [3.8, 4) is 0 Å². The Kier molecular flexibility index (Phi) is 7.11. The van der Waals surface area contributed by atoms with Crippen molar-refractivity contribution in [2.24, 2.45) is 0 Å². The van der Waals surface area contributed by atoms with E-state index in [9.17, 15) is 0 Å². The first kappa shape index (κ1) is 16.0. The van der Waals surface area contributed by atoms with Gasteiger partial charge in [0.25, 0.3) is 0 Å². The molecule has 0 saturated carbocycles. The second-order valence-corrected chi connectivity index (χ2v) is 5.08. The largest absolute Gasteiger partial charge is 0.383 e. The van der Waals surface area contributed by atoms with Crippen LogP contribution in [0, 0.1) is 0 Å². The Morgan fingerprint density at radius 2 is 1.35 bits per heavy atom. The van der Waals surface area contributed by atoms with Crippen LogP contribution in [0.25, 0.3) is 0 Å². The van der Waals surface area contributed by atoms with Crippen molar-refractivity contribution < 1.29 is 0 Å². The van der Waals surface area contributed by atoms with Crippen molar-refractivity contribution in [2.75, 3.05) is 10.6 Å². The van der Waals surface area contributed by atoms with Gasteiger partial charge in [-0.2, -0.15) is 0 Å². The molecule has 2 rings (SSSR count). The van der Waals surface area contributed by atoms with Crippen LogP contribution in [0.3, 0.4) is 0 Å². The summed E-state index contributed by atoms with van der Waals surface area (Å²) in [5.41, 5.74) is 2.21. The Labute approximate surface area is 121 Å². The first-order valence-corrected chi connectivity index (χ1v) is 6.91. The Morgan fingerprint density at radius 1 is 0.750 bits per heavy atom. The molecule has 0 radical (unpaired) electrons. The van der Waals surface area contributed by atoms with Gasteiger partial charge in [0.2, 0.25) is 0 Å². The molecule has 108 valence electrons. The summed E-state index contributed by atoms with van der Waals surface area (Å²) in [7, 11) is 0.